The highest BCUT2D eigenvalue weighted by Crippen LogP contribution is 2.35. The minimum Gasteiger partial charge on any atom is -0.497 e. The Hall–Kier alpha value is -1.51. The minimum absolute atomic E-state index is 0.0491. The van der Waals surface area contributed by atoms with Crippen LogP contribution < -0.4 is 9.47 Å². The Kier molecular flexibility index (Phi) is 3.83. The van der Waals surface area contributed by atoms with E-state index >= 15 is 0 Å². The van der Waals surface area contributed by atoms with E-state index in [-0.39, 0.29) is 23.7 Å². The quantitative estimate of drug-likeness (QED) is 0.816. The Morgan fingerprint density at radius 3 is 2.53 bits per heavy atom. The molecule has 0 N–H and O–H groups in total. The van der Waals surface area contributed by atoms with Gasteiger partial charge in [-0.1, -0.05) is 20.8 Å². The van der Waals surface area contributed by atoms with Crippen LogP contribution in [0.1, 0.15) is 39.2 Å². The third kappa shape index (κ3) is 3.49. The van der Waals surface area contributed by atoms with Crippen molar-refractivity contribution < 1.29 is 14.3 Å². The van der Waals surface area contributed by atoms with Gasteiger partial charge >= 0.3 is 0 Å². The maximum Gasteiger partial charge on any atom is 0.173 e. The lowest BCUT2D eigenvalue weighted by molar-refractivity contribution is -0.122. The van der Waals surface area contributed by atoms with Crippen molar-refractivity contribution in [3.8, 4) is 11.5 Å². The number of hydrogen-bond acceptors (Lipinski definition) is 3. The van der Waals surface area contributed by atoms with E-state index in [1.165, 1.54) is 0 Å². The molecule has 0 atom stereocenters. The summed E-state index contributed by atoms with van der Waals surface area (Å²) in [7, 11) is 1.65. The fourth-order valence-corrected chi connectivity index (χ4v) is 2.02. The van der Waals surface area contributed by atoms with E-state index in [2.05, 4.69) is 20.8 Å². The molecule has 1 aliphatic carbocycles. The van der Waals surface area contributed by atoms with Crippen molar-refractivity contribution in [2.75, 3.05) is 13.7 Å². The van der Waals surface area contributed by atoms with Gasteiger partial charge in [0.1, 0.15) is 18.1 Å². The van der Waals surface area contributed by atoms with E-state index < -0.39 is 0 Å². The van der Waals surface area contributed by atoms with Gasteiger partial charge in [-0.2, -0.15) is 0 Å². The molecule has 2 rings (SSSR count). The highest BCUT2D eigenvalue weighted by molar-refractivity contribution is 5.84. The molecule has 104 valence electrons. The number of carbonyl (C=O) groups is 1. The molecule has 0 spiro atoms. The van der Waals surface area contributed by atoms with Crippen molar-refractivity contribution >= 4 is 5.78 Å². The van der Waals surface area contributed by atoms with Crippen LogP contribution in [-0.2, 0) is 10.2 Å². The first kappa shape index (κ1) is 13.9. The first-order chi connectivity index (χ1) is 8.91. The first-order valence-electron chi connectivity index (χ1n) is 6.76. The van der Waals surface area contributed by atoms with Gasteiger partial charge in [-0.05, 0) is 36.5 Å². The minimum atomic E-state index is -0.0491. The average molecular weight is 262 g/mol. The topological polar surface area (TPSA) is 35.5 Å². The number of ether oxygens (including phenoxy) is 2. The summed E-state index contributed by atoms with van der Waals surface area (Å²) in [5.74, 6) is 2.06. The predicted octanol–water partition coefficient (Wildman–Crippen LogP) is 3.35. The van der Waals surface area contributed by atoms with Crippen molar-refractivity contribution in [2.45, 2.75) is 39.0 Å². The van der Waals surface area contributed by atoms with Crippen LogP contribution in [0.5, 0.6) is 11.5 Å². The Bertz CT molecular complexity index is 467. The predicted molar refractivity (Wildman–Crippen MR) is 74.9 cm³/mol. The molecule has 0 aromatic heterocycles. The Labute approximate surface area is 114 Å². The van der Waals surface area contributed by atoms with Crippen LogP contribution >= 0.6 is 0 Å². The van der Waals surface area contributed by atoms with Gasteiger partial charge in [-0.3, -0.25) is 4.79 Å². The highest BCUT2D eigenvalue weighted by Gasteiger charge is 2.30. The zero-order valence-corrected chi connectivity index (χ0v) is 12.2. The zero-order valence-electron chi connectivity index (χ0n) is 12.2. The zero-order chi connectivity index (χ0) is 14.0. The second-order valence-corrected chi connectivity index (χ2v) is 6.14. The number of rotatable bonds is 5. The second kappa shape index (κ2) is 5.24. The van der Waals surface area contributed by atoms with Gasteiger partial charge in [0.25, 0.3) is 0 Å². The standard InChI is InChI=1S/C16H22O3/c1-16(2,3)13-9-12(18-4)7-8-15(13)19-10-14(17)11-5-6-11/h7-9,11H,5-6,10H2,1-4H3. The molecule has 1 aromatic carbocycles. The lowest BCUT2D eigenvalue weighted by Gasteiger charge is -2.23. The molecule has 0 radical (unpaired) electrons. The van der Waals surface area contributed by atoms with Crippen LogP contribution in [-0.4, -0.2) is 19.5 Å². The summed E-state index contributed by atoms with van der Waals surface area (Å²) in [4.78, 5) is 11.7. The summed E-state index contributed by atoms with van der Waals surface area (Å²) < 4.78 is 11.0. The molecule has 0 aliphatic heterocycles. The highest BCUT2D eigenvalue weighted by atomic mass is 16.5. The normalized spacial score (nSPS) is 15.2. The van der Waals surface area contributed by atoms with E-state index in [1.54, 1.807) is 7.11 Å². The lowest BCUT2D eigenvalue weighted by Crippen LogP contribution is -2.17. The number of ketones is 1. The summed E-state index contributed by atoms with van der Waals surface area (Å²) in [5.41, 5.74) is 1.02. The number of Topliss-reactive ketones (excluding diaryl/α,β-unsaturated/α-hetero) is 1. The van der Waals surface area contributed by atoms with Gasteiger partial charge in [0, 0.05) is 11.5 Å². The molecule has 0 amide bonds. The summed E-state index contributed by atoms with van der Waals surface area (Å²) in [6.07, 6.45) is 2.05. The van der Waals surface area contributed by atoms with Crippen LogP contribution in [0.25, 0.3) is 0 Å². The third-order valence-electron chi connectivity index (χ3n) is 3.40. The molecular weight excluding hydrogens is 240 g/mol. The molecule has 1 fully saturated rings. The number of hydrogen-bond donors (Lipinski definition) is 0. The fourth-order valence-electron chi connectivity index (χ4n) is 2.02. The summed E-state index contributed by atoms with van der Waals surface area (Å²) >= 11 is 0. The van der Waals surface area contributed by atoms with E-state index in [4.69, 9.17) is 9.47 Å². The van der Waals surface area contributed by atoms with Crippen molar-refractivity contribution in [3.63, 3.8) is 0 Å². The summed E-state index contributed by atoms with van der Waals surface area (Å²) in [5, 5.41) is 0. The molecule has 1 aliphatic rings. The van der Waals surface area contributed by atoms with Gasteiger partial charge in [0.2, 0.25) is 0 Å². The smallest absolute Gasteiger partial charge is 0.173 e. The Morgan fingerprint density at radius 1 is 1.32 bits per heavy atom. The van der Waals surface area contributed by atoms with Crippen LogP contribution in [0.2, 0.25) is 0 Å². The Morgan fingerprint density at radius 2 is 2.00 bits per heavy atom. The summed E-state index contributed by atoms with van der Waals surface area (Å²) in [6.45, 7) is 6.55. The molecule has 19 heavy (non-hydrogen) atoms. The monoisotopic (exact) mass is 262 g/mol. The van der Waals surface area contributed by atoms with Gasteiger partial charge in [-0.25, -0.2) is 0 Å². The lowest BCUT2D eigenvalue weighted by atomic mass is 9.86. The SMILES string of the molecule is COc1ccc(OCC(=O)C2CC2)c(C(C)(C)C)c1. The van der Waals surface area contributed by atoms with Gasteiger partial charge in [0.05, 0.1) is 7.11 Å². The fraction of sp³-hybridized carbons (Fsp3) is 0.562. The maximum absolute atomic E-state index is 11.7. The molecule has 0 heterocycles. The van der Waals surface area contributed by atoms with Crippen molar-refractivity contribution in [3.05, 3.63) is 23.8 Å². The average Bonchev–Trinajstić information content (AvgIpc) is 3.18. The molecule has 0 saturated heterocycles. The Balaban J connectivity index is 2.15. The maximum atomic E-state index is 11.7. The van der Waals surface area contributed by atoms with Crippen LogP contribution in [0.3, 0.4) is 0 Å². The molecular formula is C16H22O3. The molecule has 0 bridgehead atoms. The van der Waals surface area contributed by atoms with Crippen molar-refractivity contribution in [1.29, 1.82) is 0 Å². The molecule has 3 nitrogen and oxygen atoms in total. The van der Waals surface area contributed by atoms with Gasteiger partial charge in [-0.15, -0.1) is 0 Å². The number of carbonyl (C=O) groups excluding carboxylic acids is 1. The number of methoxy groups -OCH3 is 1. The van der Waals surface area contributed by atoms with E-state index in [9.17, 15) is 4.79 Å². The van der Waals surface area contributed by atoms with Crippen LogP contribution in [0.15, 0.2) is 18.2 Å². The van der Waals surface area contributed by atoms with Crippen LogP contribution in [0, 0.1) is 5.92 Å². The molecule has 0 unspecified atom stereocenters. The number of benzene rings is 1. The molecule has 1 aromatic rings. The van der Waals surface area contributed by atoms with Crippen molar-refractivity contribution in [2.24, 2.45) is 5.92 Å². The molecule has 1 saturated carbocycles. The van der Waals surface area contributed by atoms with E-state index in [0.717, 1.165) is 29.9 Å². The van der Waals surface area contributed by atoms with Crippen molar-refractivity contribution in [1.82, 2.24) is 0 Å². The van der Waals surface area contributed by atoms with Gasteiger partial charge < -0.3 is 9.47 Å². The first-order valence-corrected chi connectivity index (χ1v) is 6.76. The molecule has 3 heteroatoms. The third-order valence-corrected chi connectivity index (χ3v) is 3.40. The second-order valence-electron chi connectivity index (χ2n) is 6.14. The van der Waals surface area contributed by atoms with Crippen LogP contribution in [0.4, 0.5) is 0 Å². The largest absolute Gasteiger partial charge is 0.497 e. The van der Waals surface area contributed by atoms with E-state index in [0.29, 0.717) is 0 Å². The van der Waals surface area contributed by atoms with Gasteiger partial charge in [0.15, 0.2) is 5.78 Å². The summed E-state index contributed by atoms with van der Waals surface area (Å²) in [6, 6.07) is 5.74. The van der Waals surface area contributed by atoms with E-state index in [1.807, 2.05) is 18.2 Å².